The molecule has 66 heavy (non-hydrogen) atoms. The minimum absolute atomic E-state index is 0.0299. The molecule has 1 heterocycles. The summed E-state index contributed by atoms with van der Waals surface area (Å²) in [5, 5.41) is 6.86. The fraction of sp³-hybridized carbons (Fsp3) is 0.585. The zero-order chi connectivity index (χ0) is 47.2. The van der Waals surface area contributed by atoms with Crippen molar-refractivity contribution in [2.75, 3.05) is 27.9 Å². The minimum Gasteiger partial charge on any atom is -0.493 e. The molecule has 2 N–H and O–H groups in total. The lowest BCUT2D eigenvalue weighted by molar-refractivity contribution is -0.171. The van der Waals surface area contributed by atoms with Crippen molar-refractivity contribution in [1.82, 2.24) is 10.6 Å². The Kier molecular flexibility index (Phi) is 15.2. The standard InChI is InChI=1S/C53H70N2O11/c1-9-52(5)27-37-26-51(3,4)31-53(28-37,32-52)55-50(59)65-33(2)64-47(56)39-16-18-41(19-17-39)54-29-34-10-14-38(15-11-34)48(57)66-44-21-13-36(25-46(44)62-8)23-42-40(30-63-49(42)58)22-35-12-20-43(60-6)45(24-35)61-7/h10-15,20-21,24-25,33,37,39-42,54H,9,16-19,22-23,26-32H2,1-8H3,(H,55,59)/t33?,37?,39?,40-,41?,42+,52?,53?/m0/s1. The molecule has 1 aliphatic heterocycles. The molecule has 3 aromatic rings. The van der Waals surface area contributed by atoms with Crippen molar-refractivity contribution in [2.45, 2.75) is 136 Å². The highest BCUT2D eigenvalue weighted by Gasteiger charge is 2.53. The summed E-state index contributed by atoms with van der Waals surface area (Å²) in [6.45, 7) is 11.7. The number of cyclic esters (lactones) is 1. The molecular formula is C53H70N2O11. The largest absolute Gasteiger partial charge is 0.493 e. The molecule has 2 bridgehead atoms. The van der Waals surface area contributed by atoms with Crippen LogP contribution in [0.15, 0.2) is 60.7 Å². The molecular weight excluding hydrogens is 841 g/mol. The second-order valence-corrected chi connectivity index (χ2v) is 20.6. The molecule has 358 valence electrons. The average Bonchev–Trinajstić information content (AvgIpc) is 3.61. The summed E-state index contributed by atoms with van der Waals surface area (Å²) < 4.78 is 39.0. The number of amides is 1. The molecule has 0 aromatic heterocycles. The van der Waals surface area contributed by atoms with E-state index >= 15 is 0 Å². The number of nitrogens with one attached hydrogen (secondary N) is 2. The summed E-state index contributed by atoms with van der Waals surface area (Å²) in [6.07, 6.45) is 8.80. The number of esters is 3. The number of alkyl carbamates (subject to hydrolysis) is 1. The normalized spacial score (nSPS) is 27.2. The summed E-state index contributed by atoms with van der Waals surface area (Å²) in [5.74, 6) is 0.798. The van der Waals surface area contributed by atoms with E-state index in [2.05, 4.69) is 38.3 Å². The molecule has 6 atom stereocenters. The lowest BCUT2D eigenvalue weighted by atomic mass is 9.52. The van der Waals surface area contributed by atoms with Gasteiger partial charge in [0.2, 0.25) is 6.29 Å². The smallest absolute Gasteiger partial charge is 0.410 e. The maximum absolute atomic E-state index is 13.2. The van der Waals surface area contributed by atoms with Gasteiger partial charge in [0.05, 0.1) is 45.3 Å². The van der Waals surface area contributed by atoms with Crippen molar-refractivity contribution >= 4 is 24.0 Å². The lowest BCUT2D eigenvalue weighted by Crippen LogP contribution is -2.60. The molecule has 4 fully saturated rings. The number of benzene rings is 3. The summed E-state index contributed by atoms with van der Waals surface area (Å²) in [4.78, 5) is 52.5. The third kappa shape index (κ3) is 12.0. The van der Waals surface area contributed by atoms with E-state index in [0.717, 1.165) is 55.2 Å². The lowest BCUT2D eigenvalue weighted by Gasteiger charge is -2.57. The Morgan fingerprint density at radius 3 is 2.06 bits per heavy atom. The van der Waals surface area contributed by atoms with E-state index < -0.39 is 18.4 Å². The van der Waals surface area contributed by atoms with Crippen LogP contribution in [-0.2, 0) is 43.2 Å². The van der Waals surface area contributed by atoms with Gasteiger partial charge < -0.3 is 43.8 Å². The van der Waals surface area contributed by atoms with Crippen LogP contribution in [0.4, 0.5) is 4.79 Å². The highest BCUT2D eigenvalue weighted by Crippen LogP contribution is 2.57. The Hall–Kier alpha value is -5.30. The number of hydrogen-bond donors (Lipinski definition) is 2. The van der Waals surface area contributed by atoms with Crippen LogP contribution < -0.4 is 29.6 Å². The van der Waals surface area contributed by atoms with Gasteiger partial charge in [0.25, 0.3) is 0 Å². The molecule has 4 aliphatic rings. The van der Waals surface area contributed by atoms with E-state index in [1.165, 1.54) is 20.0 Å². The first kappa shape index (κ1) is 48.6. The van der Waals surface area contributed by atoms with E-state index in [4.69, 9.17) is 33.2 Å². The van der Waals surface area contributed by atoms with Gasteiger partial charge in [-0.05, 0) is 140 Å². The van der Waals surface area contributed by atoms with Gasteiger partial charge in [-0.2, -0.15) is 0 Å². The van der Waals surface area contributed by atoms with E-state index in [0.29, 0.717) is 67.6 Å². The fourth-order valence-corrected chi connectivity index (χ4v) is 11.7. The molecule has 0 spiro atoms. The van der Waals surface area contributed by atoms with Crippen LogP contribution in [0.3, 0.4) is 0 Å². The van der Waals surface area contributed by atoms with Crippen molar-refractivity contribution in [3.05, 3.63) is 82.9 Å². The zero-order valence-corrected chi connectivity index (χ0v) is 40.1. The van der Waals surface area contributed by atoms with Crippen LogP contribution in [0.25, 0.3) is 0 Å². The second-order valence-electron chi connectivity index (χ2n) is 20.6. The fourth-order valence-electron chi connectivity index (χ4n) is 11.7. The van der Waals surface area contributed by atoms with Gasteiger partial charge in [-0.1, -0.05) is 58.4 Å². The highest BCUT2D eigenvalue weighted by molar-refractivity contribution is 5.91. The van der Waals surface area contributed by atoms with Crippen LogP contribution in [0.5, 0.6) is 23.0 Å². The average molecular weight is 911 g/mol. The zero-order valence-electron chi connectivity index (χ0n) is 40.1. The van der Waals surface area contributed by atoms with Crippen LogP contribution in [-0.4, -0.2) is 69.8 Å². The van der Waals surface area contributed by atoms with Gasteiger partial charge in [0, 0.05) is 31.0 Å². The monoisotopic (exact) mass is 910 g/mol. The van der Waals surface area contributed by atoms with Crippen molar-refractivity contribution in [2.24, 2.45) is 34.5 Å². The summed E-state index contributed by atoms with van der Waals surface area (Å²) in [7, 11) is 4.70. The Morgan fingerprint density at radius 1 is 0.758 bits per heavy atom. The van der Waals surface area contributed by atoms with Crippen molar-refractivity contribution in [3.8, 4) is 23.0 Å². The summed E-state index contributed by atoms with van der Waals surface area (Å²) in [6, 6.07) is 18.6. The molecule has 13 heteroatoms. The molecule has 3 saturated carbocycles. The number of rotatable bonds is 17. The van der Waals surface area contributed by atoms with Gasteiger partial charge in [0.1, 0.15) is 0 Å². The number of carbonyl (C=O) groups is 4. The van der Waals surface area contributed by atoms with Crippen LogP contribution >= 0.6 is 0 Å². The Balaban J connectivity index is 0.833. The van der Waals surface area contributed by atoms with E-state index in [1.54, 1.807) is 45.4 Å². The Bertz CT molecular complexity index is 2200. The number of ether oxygens (including phenoxy) is 7. The first-order chi connectivity index (χ1) is 31.5. The second kappa shape index (κ2) is 20.7. The predicted molar refractivity (Wildman–Crippen MR) is 249 cm³/mol. The molecule has 3 aromatic carbocycles. The molecule has 0 radical (unpaired) electrons. The topological polar surface area (TPSA) is 157 Å². The first-order valence-electron chi connectivity index (χ1n) is 23.8. The van der Waals surface area contributed by atoms with Gasteiger partial charge in [-0.25, -0.2) is 9.59 Å². The summed E-state index contributed by atoms with van der Waals surface area (Å²) in [5.41, 5.74) is 3.30. The number of carbonyl (C=O) groups excluding carboxylic acids is 4. The van der Waals surface area contributed by atoms with E-state index in [-0.39, 0.29) is 57.9 Å². The number of hydrogen-bond acceptors (Lipinski definition) is 12. The minimum atomic E-state index is -0.978. The Labute approximate surface area is 390 Å². The van der Waals surface area contributed by atoms with Crippen LogP contribution in [0.1, 0.15) is 126 Å². The first-order valence-corrected chi connectivity index (χ1v) is 23.8. The van der Waals surface area contributed by atoms with Gasteiger partial charge in [-0.3, -0.25) is 9.59 Å². The quantitative estimate of drug-likeness (QED) is 0.0753. The van der Waals surface area contributed by atoms with Gasteiger partial charge >= 0.3 is 24.0 Å². The van der Waals surface area contributed by atoms with E-state index in [1.807, 2.05) is 36.4 Å². The SMILES string of the molecule is CCC1(C)CC2CC(C)(C)CC(NC(=O)OC(C)OC(=O)C3CCC(NCc4ccc(C(=O)Oc5ccc(C[C@H]6C(=O)OC[C@@H]6Cc6ccc(OC)c(OC)c6)cc5OC)cc4)CC3)(C2)C1. The molecule has 1 saturated heterocycles. The Morgan fingerprint density at radius 2 is 1.39 bits per heavy atom. The van der Waals surface area contributed by atoms with E-state index in [9.17, 15) is 19.2 Å². The van der Waals surface area contributed by atoms with Crippen molar-refractivity contribution in [3.63, 3.8) is 0 Å². The molecule has 13 nitrogen and oxygen atoms in total. The maximum Gasteiger partial charge on any atom is 0.410 e. The van der Waals surface area contributed by atoms with Gasteiger partial charge in [0.15, 0.2) is 23.0 Å². The van der Waals surface area contributed by atoms with Crippen LogP contribution in [0.2, 0.25) is 0 Å². The predicted octanol–water partition coefficient (Wildman–Crippen LogP) is 9.55. The molecule has 7 rings (SSSR count). The number of methoxy groups -OCH3 is 3. The third-order valence-electron chi connectivity index (χ3n) is 14.6. The van der Waals surface area contributed by atoms with Crippen molar-refractivity contribution in [1.29, 1.82) is 0 Å². The maximum atomic E-state index is 13.2. The van der Waals surface area contributed by atoms with Gasteiger partial charge in [-0.15, -0.1) is 0 Å². The summed E-state index contributed by atoms with van der Waals surface area (Å²) >= 11 is 0. The third-order valence-corrected chi connectivity index (χ3v) is 14.6. The van der Waals surface area contributed by atoms with Crippen LogP contribution in [0, 0.1) is 34.5 Å². The highest BCUT2D eigenvalue weighted by atomic mass is 16.7. The molecule has 3 aliphatic carbocycles. The molecule has 1 amide bonds. The number of fused-ring (bicyclic) bond motifs is 2. The molecule has 4 unspecified atom stereocenters. The van der Waals surface area contributed by atoms with Crippen molar-refractivity contribution < 1.29 is 52.3 Å².